The Morgan fingerprint density at radius 2 is 1.87 bits per heavy atom. The number of imidazole rings is 1. The minimum Gasteiger partial charge on any atom is -0.445 e. The van der Waals surface area contributed by atoms with Gasteiger partial charge in [-0.05, 0) is 17.7 Å². The number of hydrogen-bond donors (Lipinski definition) is 1. The van der Waals surface area contributed by atoms with E-state index in [1.807, 2.05) is 42.5 Å². The molecule has 0 spiro atoms. The second-order valence-corrected chi connectivity index (χ2v) is 7.32. The van der Waals surface area contributed by atoms with Crippen molar-refractivity contribution >= 4 is 23.8 Å². The maximum Gasteiger partial charge on any atom is 0.410 e. The molecule has 2 heterocycles. The first kappa shape index (κ1) is 20.0. The minimum atomic E-state index is -0.376. The average Bonchev–Trinajstić information content (AvgIpc) is 3.13. The predicted octanol–water partition coefficient (Wildman–Crippen LogP) is 3.61. The van der Waals surface area contributed by atoms with E-state index < -0.39 is 0 Å². The highest BCUT2D eigenvalue weighted by atomic mass is 35.5. The molecule has 7 nitrogen and oxygen atoms in total. The molecule has 1 aliphatic rings. The summed E-state index contributed by atoms with van der Waals surface area (Å²) in [5, 5.41) is 2.59. The first-order valence-electron chi connectivity index (χ1n) is 9.61. The average molecular weight is 425 g/mol. The summed E-state index contributed by atoms with van der Waals surface area (Å²) in [4.78, 5) is 30.5. The van der Waals surface area contributed by atoms with Crippen LogP contribution in [-0.4, -0.2) is 39.6 Å². The minimum absolute atomic E-state index is 0.153. The van der Waals surface area contributed by atoms with Crippen molar-refractivity contribution in [1.82, 2.24) is 19.3 Å². The molecule has 8 heteroatoms. The Labute approximate surface area is 179 Å². The second kappa shape index (κ2) is 8.59. The van der Waals surface area contributed by atoms with Gasteiger partial charge in [0.2, 0.25) is 0 Å². The number of carbonyl (C=O) groups excluding carboxylic acids is 2. The normalized spacial score (nSPS) is 12.9. The highest BCUT2D eigenvalue weighted by molar-refractivity contribution is 6.17. The van der Waals surface area contributed by atoms with Gasteiger partial charge in [0.15, 0.2) is 5.82 Å². The summed E-state index contributed by atoms with van der Waals surface area (Å²) in [6, 6.07) is 16.6. The zero-order valence-corrected chi connectivity index (χ0v) is 17.2. The summed E-state index contributed by atoms with van der Waals surface area (Å²) >= 11 is 6.55. The van der Waals surface area contributed by atoms with E-state index in [1.54, 1.807) is 24.1 Å². The molecule has 0 atom stereocenters. The van der Waals surface area contributed by atoms with Crippen molar-refractivity contribution in [3.63, 3.8) is 0 Å². The van der Waals surface area contributed by atoms with Crippen molar-refractivity contribution < 1.29 is 14.3 Å². The zero-order valence-electron chi connectivity index (χ0n) is 16.5. The fourth-order valence-corrected chi connectivity index (χ4v) is 3.68. The van der Waals surface area contributed by atoms with E-state index in [4.69, 9.17) is 16.5 Å². The topological polar surface area (TPSA) is 76.5 Å². The van der Waals surface area contributed by atoms with E-state index in [-0.39, 0.29) is 18.6 Å². The molecule has 4 rings (SSSR count). The SMILES string of the molecule is CNC(=O)c1ccc(-c2nc3c(n2Cl)CN(C(=O)OCc2ccccc2)CC3)cc1. The highest BCUT2D eigenvalue weighted by Gasteiger charge is 2.28. The van der Waals surface area contributed by atoms with E-state index in [0.717, 1.165) is 22.5 Å². The molecule has 154 valence electrons. The Morgan fingerprint density at radius 3 is 2.57 bits per heavy atom. The van der Waals surface area contributed by atoms with Crippen LogP contribution >= 0.6 is 11.8 Å². The quantitative estimate of drug-likeness (QED) is 0.694. The monoisotopic (exact) mass is 424 g/mol. The molecule has 0 fully saturated rings. The number of fused-ring (bicyclic) bond motifs is 1. The molecular weight excluding hydrogens is 404 g/mol. The molecule has 0 saturated heterocycles. The van der Waals surface area contributed by atoms with Crippen LogP contribution in [0.15, 0.2) is 54.6 Å². The number of ether oxygens (including phenoxy) is 1. The second-order valence-electron chi connectivity index (χ2n) is 6.98. The van der Waals surface area contributed by atoms with Crippen LogP contribution in [0, 0.1) is 0 Å². The fraction of sp³-hybridized carbons (Fsp3) is 0.227. The van der Waals surface area contributed by atoms with Gasteiger partial charge in [-0.3, -0.25) is 4.79 Å². The van der Waals surface area contributed by atoms with Crippen molar-refractivity contribution in [3.05, 3.63) is 77.1 Å². The lowest BCUT2D eigenvalue weighted by Crippen LogP contribution is -2.36. The highest BCUT2D eigenvalue weighted by Crippen LogP contribution is 2.28. The molecule has 1 aliphatic heterocycles. The van der Waals surface area contributed by atoms with Gasteiger partial charge >= 0.3 is 6.09 Å². The first-order chi connectivity index (χ1) is 14.6. The van der Waals surface area contributed by atoms with Gasteiger partial charge in [0.25, 0.3) is 5.91 Å². The molecule has 1 N–H and O–H groups in total. The molecule has 0 saturated carbocycles. The van der Waals surface area contributed by atoms with Crippen LogP contribution in [0.5, 0.6) is 0 Å². The summed E-state index contributed by atoms with van der Waals surface area (Å²) in [5.41, 5.74) is 3.93. The number of hydrogen-bond acceptors (Lipinski definition) is 4. The molecule has 1 aromatic heterocycles. The van der Waals surface area contributed by atoms with E-state index in [9.17, 15) is 9.59 Å². The number of nitrogens with zero attached hydrogens (tertiary/aromatic N) is 3. The number of carbonyl (C=O) groups is 2. The van der Waals surface area contributed by atoms with Gasteiger partial charge in [-0.2, -0.15) is 0 Å². The van der Waals surface area contributed by atoms with Gasteiger partial charge in [0, 0.05) is 42.9 Å². The molecule has 2 amide bonds. The number of benzene rings is 2. The summed E-state index contributed by atoms with van der Waals surface area (Å²) in [6.45, 7) is 1.07. The number of aromatic nitrogens is 2. The summed E-state index contributed by atoms with van der Waals surface area (Å²) in [7, 11) is 1.59. The third-order valence-electron chi connectivity index (χ3n) is 5.05. The van der Waals surface area contributed by atoms with Crippen LogP contribution < -0.4 is 5.32 Å². The fourth-order valence-electron chi connectivity index (χ4n) is 3.39. The van der Waals surface area contributed by atoms with Gasteiger partial charge in [0.1, 0.15) is 6.61 Å². The lowest BCUT2D eigenvalue weighted by atomic mass is 10.1. The van der Waals surface area contributed by atoms with E-state index >= 15 is 0 Å². The third kappa shape index (κ3) is 4.02. The molecular formula is C22H21ClN4O3. The molecule has 0 unspecified atom stereocenters. The van der Waals surface area contributed by atoms with Crippen LogP contribution in [0.3, 0.4) is 0 Å². The number of amides is 2. The standard InChI is InChI=1S/C22H21ClN4O3/c1-24-21(28)17-9-7-16(8-10-17)20-25-18-11-12-26(13-19(18)27(20)23)22(29)30-14-15-5-3-2-4-6-15/h2-10H,11-14H2,1H3,(H,24,28). The molecule has 30 heavy (non-hydrogen) atoms. The first-order valence-corrected chi connectivity index (χ1v) is 9.95. The molecule has 0 aliphatic carbocycles. The zero-order chi connectivity index (χ0) is 21.1. The van der Waals surface area contributed by atoms with E-state index in [1.165, 1.54) is 4.09 Å². The predicted molar refractivity (Wildman–Crippen MR) is 113 cm³/mol. The summed E-state index contributed by atoms with van der Waals surface area (Å²) in [5.74, 6) is 0.435. The number of halogens is 1. The van der Waals surface area contributed by atoms with Crippen molar-refractivity contribution in [1.29, 1.82) is 0 Å². The van der Waals surface area contributed by atoms with Crippen molar-refractivity contribution in [2.45, 2.75) is 19.6 Å². The Morgan fingerprint density at radius 1 is 1.13 bits per heavy atom. The lowest BCUT2D eigenvalue weighted by Gasteiger charge is -2.26. The molecule has 0 radical (unpaired) electrons. The smallest absolute Gasteiger partial charge is 0.410 e. The summed E-state index contributed by atoms with van der Waals surface area (Å²) < 4.78 is 6.92. The third-order valence-corrected chi connectivity index (χ3v) is 5.42. The maximum atomic E-state index is 12.5. The Kier molecular flexibility index (Phi) is 5.72. The lowest BCUT2D eigenvalue weighted by molar-refractivity contribution is 0.0910. The van der Waals surface area contributed by atoms with Crippen molar-refractivity contribution in [3.8, 4) is 11.4 Å². The number of rotatable bonds is 4. The van der Waals surface area contributed by atoms with Crippen molar-refractivity contribution in [2.24, 2.45) is 0 Å². The Bertz CT molecular complexity index is 1060. The van der Waals surface area contributed by atoms with Crippen LogP contribution in [0.4, 0.5) is 4.79 Å². The van der Waals surface area contributed by atoms with E-state index in [0.29, 0.717) is 30.9 Å². The largest absolute Gasteiger partial charge is 0.445 e. The van der Waals surface area contributed by atoms with Gasteiger partial charge in [0.05, 0.1) is 17.9 Å². The van der Waals surface area contributed by atoms with Gasteiger partial charge in [-0.1, -0.05) is 42.5 Å². The van der Waals surface area contributed by atoms with Crippen LogP contribution in [0.2, 0.25) is 0 Å². The molecule has 0 bridgehead atoms. The van der Waals surface area contributed by atoms with Gasteiger partial charge in [-0.15, -0.1) is 0 Å². The Hall–Kier alpha value is -3.32. The van der Waals surface area contributed by atoms with Crippen LogP contribution in [0.1, 0.15) is 27.3 Å². The van der Waals surface area contributed by atoms with Crippen LogP contribution in [-0.2, 0) is 24.3 Å². The van der Waals surface area contributed by atoms with Crippen molar-refractivity contribution in [2.75, 3.05) is 13.6 Å². The Balaban J connectivity index is 1.47. The molecule has 3 aromatic rings. The summed E-state index contributed by atoms with van der Waals surface area (Å²) in [6.07, 6.45) is 0.220. The van der Waals surface area contributed by atoms with E-state index in [2.05, 4.69) is 10.3 Å². The van der Waals surface area contributed by atoms with Gasteiger partial charge < -0.3 is 15.0 Å². The maximum absolute atomic E-state index is 12.5. The van der Waals surface area contributed by atoms with Gasteiger partial charge in [-0.25, -0.2) is 13.9 Å². The van der Waals surface area contributed by atoms with Crippen LogP contribution in [0.25, 0.3) is 11.4 Å². The number of nitrogens with one attached hydrogen (secondary N) is 1. The molecule has 2 aromatic carbocycles.